The van der Waals surface area contributed by atoms with Crippen molar-refractivity contribution in [3.63, 3.8) is 0 Å². The zero-order valence-electron chi connectivity index (χ0n) is 20.6. The summed E-state index contributed by atoms with van der Waals surface area (Å²) in [7, 11) is 1.59. The van der Waals surface area contributed by atoms with Crippen molar-refractivity contribution in [2.24, 2.45) is 0 Å². The Morgan fingerprint density at radius 1 is 0.892 bits per heavy atom. The van der Waals surface area contributed by atoms with Gasteiger partial charge in [-0.25, -0.2) is 4.39 Å². The van der Waals surface area contributed by atoms with Crippen molar-refractivity contribution >= 4 is 11.8 Å². The molecule has 1 aliphatic heterocycles. The maximum Gasteiger partial charge on any atom is 0.251 e. The molecule has 4 aromatic rings. The quantitative estimate of drug-likeness (QED) is 0.362. The molecule has 6 heteroatoms. The normalized spacial score (nSPS) is 16.0. The summed E-state index contributed by atoms with van der Waals surface area (Å²) in [5, 5.41) is 5.71. The molecule has 0 saturated carbocycles. The second kappa shape index (κ2) is 10.3. The number of amides is 2. The number of ether oxygens (including phenoxy) is 1. The first kappa shape index (κ1) is 24.3. The van der Waals surface area contributed by atoms with Crippen LogP contribution in [0.1, 0.15) is 44.6 Å². The molecule has 0 aromatic heterocycles. The molecule has 186 valence electrons. The van der Waals surface area contributed by atoms with Crippen LogP contribution < -0.4 is 15.4 Å². The predicted molar refractivity (Wildman–Crippen MR) is 141 cm³/mol. The summed E-state index contributed by atoms with van der Waals surface area (Å²) in [5.41, 5.74) is 5.93. The van der Waals surface area contributed by atoms with Gasteiger partial charge in [0.25, 0.3) is 5.91 Å². The van der Waals surface area contributed by atoms with Crippen LogP contribution >= 0.6 is 0 Å². The zero-order valence-corrected chi connectivity index (χ0v) is 20.6. The average Bonchev–Trinajstić information content (AvgIpc) is 3.30. The number of carbonyl (C=O) groups is 2. The van der Waals surface area contributed by atoms with Crippen LogP contribution in [0.15, 0.2) is 91.0 Å². The highest BCUT2D eigenvalue weighted by Gasteiger charge is 2.40. The average molecular weight is 495 g/mol. The minimum Gasteiger partial charge on any atom is -0.484 e. The lowest BCUT2D eigenvalue weighted by Crippen LogP contribution is -2.28. The molecule has 0 aliphatic carbocycles. The van der Waals surface area contributed by atoms with Gasteiger partial charge in [0.15, 0.2) is 0 Å². The number of rotatable bonds is 6. The number of likely N-dealkylation sites (N-methyl/N-ethyl adjacent to an activating group) is 1. The smallest absolute Gasteiger partial charge is 0.251 e. The molecule has 5 rings (SSSR count). The first-order valence-electron chi connectivity index (χ1n) is 12.1. The highest BCUT2D eigenvalue weighted by molar-refractivity contribution is 5.95. The minimum atomic E-state index is -0.591. The molecule has 4 aromatic carbocycles. The maximum atomic E-state index is 13.5. The molecule has 1 heterocycles. The van der Waals surface area contributed by atoms with Crippen LogP contribution in [0.5, 0.6) is 5.75 Å². The minimum absolute atomic E-state index is 0.160. The third-order valence-electron chi connectivity index (χ3n) is 6.62. The highest BCUT2D eigenvalue weighted by Crippen LogP contribution is 2.47. The largest absolute Gasteiger partial charge is 0.484 e. The fourth-order valence-electron chi connectivity index (χ4n) is 4.74. The molecule has 2 atom stereocenters. The third kappa shape index (κ3) is 5.09. The van der Waals surface area contributed by atoms with Gasteiger partial charge in [-0.15, -0.1) is 0 Å². The highest BCUT2D eigenvalue weighted by atomic mass is 19.1. The standard InChI is InChI=1S/C31H27FN2O3/c1-19-5-3-6-20(15-19)18-34-30(35)24-8-4-7-22(16-24)23-11-14-27-26(17-23)28(31(36)33-2)29(37-27)21-9-12-25(32)13-10-21/h3-17,28-29H,18H2,1-2H3,(H,33,36)(H,34,35). The monoisotopic (exact) mass is 494 g/mol. The number of hydrogen-bond acceptors (Lipinski definition) is 3. The lowest BCUT2D eigenvalue weighted by molar-refractivity contribution is -0.123. The van der Waals surface area contributed by atoms with Crippen LogP contribution in [-0.4, -0.2) is 18.9 Å². The van der Waals surface area contributed by atoms with Crippen LogP contribution in [0.2, 0.25) is 0 Å². The fraction of sp³-hybridized carbons (Fsp3) is 0.161. The number of aryl methyl sites for hydroxylation is 1. The Kier molecular flexibility index (Phi) is 6.73. The Morgan fingerprint density at radius 2 is 1.65 bits per heavy atom. The first-order chi connectivity index (χ1) is 17.9. The van der Waals surface area contributed by atoms with E-state index in [9.17, 15) is 14.0 Å². The Labute approximate surface area is 215 Å². The van der Waals surface area contributed by atoms with Gasteiger partial charge in [0.2, 0.25) is 5.91 Å². The van der Waals surface area contributed by atoms with Gasteiger partial charge in [-0.3, -0.25) is 9.59 Å². The van der Waals surface area contributed by atoms with E-state index < -0.39 is 12.0 Å². The van der Waals surface area contributed by atoms with Crippen molar-refractivity contribution in [3.05, 3.63) is 125 Å². The van der Waals surface area contributed by atoms with E-state index in [-0.39, 0.29) is 17.6 Å². The van der Waals surface area contributed by atoms with E-state index in [4.69, 9.17) is 4.74 Å². The van der Waals surface area contributed by atoms with E-state index in [1.54, 1.807) is 25.2 Å². The third-order valence-corrected chi connectivity index (χ3v) is 6.62. The van der Waals surface area contributed by atoms with E-state index in [1.165, 1.54) is 12.1 Å². The number of halogens is 1. The lowest BCUT2D eigenvalue weighted by Gasteiger charge is -2.18. The van der Waals surface area contributed by atoms with E-state index in [1.807, 2.05) is 67.6 Å². The van der Waals surface area contributed by atoms with Crippen molar-refractivity contribution in [1.82, 2.24) is 10.6 Å². The van der Waals surface area contributed by atoms with Gasteiger partial charge >= 0.3 is 0 Å². The van der Waals surface area contributed by atoms with Gasteiger partial charge in [-0.05, 0) is 65.6 Å². The molecular formula is C31H27FN2O3. The molecular weight excluding hydrogens is 467 g/mol. The maximum absolute atomic E-state index is 13.5. The van der Waals surface area contributed by atoms with Crippen molar-refractivity contribution in [2.45, 2.75) is 25.5 Å². The van der Waals surface area contributed by atoms with Crippen molar-refractivity contribution < 1.29 is 18.7 Å². The second-order valence-electron chi connectivity index (χ2n) is 9.19. The molecule has 1 aliphatic rings. The van der Waals surface area contributed by atoms with Gasteiger partial charge in [-0.2, -0.15) is 0 Å². The number of benzene rings is 4. The van der Waals surface area contributed by atoms with Crippen molar-refractivity contribution in [1.29, 1.82) is 0 Å². The fourth-order valence-corrected chi connectivity index (χ4v) is 4.74. The van der Waals surface area contributed by atoms with Crippen LogP contribution in [0.3, 0.4) is 0 Å². The van der Waals surface area contributed by atoms with Crippen LogP contribution in [0, 0.1) is 12.7 Å². The Hall–Kier alpha value is -4.45. The van der Waals surface area contributed by atoms with Crippen LogP contribution in [0.25, 0.3) is 11.1 Å². The molecule has 0 bridgehead atoms. The van der Waals surface area contributed by atoms with Gasteiger partial charge in [0, 0.05) is 24.7 Å². The van der Waals surface area contributed by atoms with Gasteiger partial charge < -0.3 is 15.4 Å². The van der Waals surface area contributed by atoms with Crippen LogP contribution in [0.4, 0.5) is 4.39 Å². The molecule has 0 radical (unpaired) electrons. The Bertz CT molecular complexity index is 1470. The second-order valence-corrected chi connectivity index (χ2v) is 9.19. The SMILES string of the molecule is CNC(=O)C1c2cc(-c3cccc(C(=O)NCc4cccc(C)c4)c3)ccc2OC1c1ccc(F)cc1. The summed E-state index contributed by atoms with van der Waals surface area (Å²) in [6, 6.07) is 27.1. The summed E-state index contributed by atoms with van der Waals surface area (Å²) in [6.07, 6.45) is -0.565. The zero-order chi connectivity index (χ0) is 25.9. The lowest BCUT2D eigenvalue weighted by atomic mass is 9.88. The summed E-state index contributed by atoms with van der Waals surface area (Å²) in [6.45, 7) is 2.46. The molecule has 5 nitrogen and oxygen atoms in total. The van der Waals surface area contributed by atoms with E-state index in [0.717, 1.165) is 33.4 Å². The van der Waals surface area contributed by atoms with E-state index >= 15 is 0 Å². The van der Waals surface area contributed by atoms with Crippen LogP contribution in [-0.2, 0) is 11.3 Å². The number of nitrogens with one attached hydrogen (secondary N) is 2. The van der Waals surface area contributed by atoms with Gasteiger partial charge in [0.1, 0.15) is 23.6 Å². The van der Waals surface area contributed by atoms with Gasteiger partial charge in [0.05, 0.1) is 0 Å². The number of fused-ring (bicyclic) bond motifs is 1. The molecule has 37 heavy (non-hydrogen) atoms. The molecule has 0 spiro atoms. The number of hydrogen-bond donors (Lipinski definition) is 2. The molecule has 2 amide bonds. The molecule has 0 fully saturated rings. The summed E-state index contributed by atoms with van der Waals surface area (Å²) < 4.78 is 19.6. The summed E-state index contributed by atoms with van der Waals surface area (Å²) in [5.74, 6) is -0.673. The summed E-state index contributed by atoms with van der Waals surface area (Å²) in [4.78, 5) is 25.8. The van der Waals surface area contributed by atoms with E-state index in [2.05, 4.69) is 10.6 Å². The Balaban J connectivity index is 1.41. The first-order valence-corrected chi connectivity index (χ1v) is 12.1. The predicted octanol–water partition coefficient (Wildman–Crippen LogP) is 5.69. The van der Waals surface area contributed by atoms with E-state index in [0.29, 0.717) is 17.9 Å². The summed E-state index contributed by atoms with van der Waals surface area (Å²) >= 11 is 0. The number of carbonyl (C=O) groups excluding carboxylic acids is 2. The molecule has 2 N–H and O–H groups in total. The Morgan fingerprint density at radius 3 is 2.41 bits per heavy atom. The van der Waals surface area contributed by atoms with Crippen molar-refractivity contribution in [2.75, 3.05) is 7.05 Å². The topological polar surface area (TPSA) is 67.4 Å². The van der Waals surface area contributed by atoms with Gasteiger partial charge in [-0.1, -0.05) is 60.2 Å². The van der Waals surface area contributed by atoms with Crippen molar-refractivity contribution in [3.8, 4) is 16.9 Å². The molecule has 0 saturated heterocycles. The molecule has 2 unspecified atom stereocenters.